The number of unbranched alkanes of at least 4 members (excludes halogenated alkanes) is 1. The minimum absolute atomic E-state index is 0.847. The molecule has 0 saturated carbocycles. The molecule has 3 rings (SSSR count). The minimum Gasteiger partial charge on any atom is -0.195 e. The van der Waals surface area contributed by atoms with Crippen molar-refractivity contribution in [3.05, 3.63) is 53.4 Å². The Kier molecular flexibility index (Phi) is 5.52. The van der Waals surface area contributed by atoms with Crippen LogP contribution in [-0.4, -0.2) is 5.16 Å². The predicted octanol–water partition coefficient (Wildman–Crippen LogP) is 7.22. The first-order valence-corrected chi connectivity index (χ1v) is 9.71. The average Bonchev–Trinajstić information content (AvgIpc) is 3.23. The highest BCUT2D eigenvalue weighted by atomic mass is 32.1. The maximum absolute atomic E-state index is 4.63. The van der Waals surface area contributed by atoms with Crippen LogP contribution in [0.2, 0.25) is 0 Å². The summed E-state index contributed by atoms with van der Waals surface area (Å²) in [6.45, 7) is 2.24. The van der Waals surface area contributed by atoms with Gasteiger partial charge in [0.25, 0.3) is 0 Å². The second-order valence-electron chi connectivity index (χ2n) is 5.28. The van der Waals surface area contributed by atoms with Gasteiger partial charge in [-0.05, 0) is 67.0 Å². The molecule has 1 nitrogen and oxygen atoms in total. The van der Waals surface area contributed by atoms with Crippen molar-refractivity contribution in [2.45, 2.75) is 26.2 Å². The molecule has 23 heavy (non-hydrogen) atoms. The Hall–Kier alpha value is -1.58. The van der Waals surface area contributed by atoms with Gasteiger partial charge in [-0.2, -0.15) is 4.99 Å². The highest BCUT2D eigenvalue weighted by molar-refractivity contribution is 7.78. The van der Waals surface area contributed by atoms with E-state index in [-0.39, 0.29) is 0 Å². The molecule has 0 amide bonds. The molecule has 0 N–H and O–H groups in total. The Morgan fingerprint density at radius 3 is 2.35 bits per heavy atom. The molecule has 0 atom stereocenters. The molecule has 116 valence electrons. The molecule has 2 heterocycles. The number of aryl methyl sites for hydroxylation is 1. The number of hydrogen-bond donors (Lipinski definition) is 0. The Labute approximate surface area is 150 Å². The highest BCUT2D eigenvalue weighted by Crippen LogP contribution is 2.38. The molecule has 0 fully saturated rings. The van der Waals surface area contributed by atoms with E-state index in [0.717, 1.165) is 5.69 Å². The molecule has 1 aromatic carbocycles. The SMILES string of the molecule is CCCCc1ccc(-c2ccc(-c3ccc(N=C=S)cc3)s2)s1. The summed E-state index contributed by atoms with van der Waals surface area (Å²) < 4.78 is 0. The van der Waals surface area contributed by atoms with E-state index in [1.54, 1.807) is 0 Å². The van der Waals surface area contributed by atoms with Crippen LogP contribution in [0, 0.1) is 0 Å². The fourth-order valence-electron chi connectivity index (χ4n) is 2.37. The van der Waals surface area contributed by atoms with Crippen LogP contribution in [0.25, 0.3) is 20.2 Å². The van der Waals surface area contributed by atoms with Crippen molar-refractivity contribution >= 4 is 45.7 Å². The Balaban J connectivity index is 1.79. The standard InChI is InChI=1S/C19H17NS3/c1-2-3-4-16-9-10-18(22-16)19-12-11-17(23-19)14-5-7-15(8-6-14)20-13-21/h5-12H,2-4H2,1H3. The summed E-state index contributed by atoms with van der Waals surface area (Å²) in [6.07, 6.45) is 3.72. The molecule has 0 unspecified atom stereocenters. The summed E-state index contributed by atoms with van der Waals surface area (Å²) in [4.78, 5) is 9.47. The van der Waals surface area contributed by atoms with E-state index in [4.69, 9.17) is 0 Å². The second-order valence-corrected chi connectivity index (χ2v) is 7.72. The third-order valence-corrected chi connectivity index (χ3v) is 6.18. The van der Waals surface area contributed by atoms with Gasteiger partial charge in [0.05, 0.1) is 10.8 Å². The summed E-state index contributed by atoms with van der Waals surface area (Å²) in [5.74, 6) is 0. The third kappa shape index (κ3) is 4.04. The minimum atomic E-state index is 0.847. The first-order valence-electron chi connectivity index (χ1n) is 7.67. The number of benzene rings is 1. The number of nitrogens with zero attached hydrogens (tertiary/aromatic N) is 1. The number of thiophene rings is 2. The van der Waals surface area contributed by atoms with Crippen molar-refractivity contribution in [1.29, 1.82) is 0 Å². The quantitative estimate of drug-likeness (QED) is 0.336. The maximum atomic E-state index is 4.63. The van der Waals surface area contributed by atoms with E-state index in [1.807, 2.05) is 34.8 Å². The number of aliphatic imine (C=N–C) groups is 1. The van der Waals surface area contributed by atoms with Crippen molar-refractivity contribution in [2.75, 3.05) is 0 Å². The zero-order valence-electron chi connectivity index (χ0n) is 12.9. The van der Waals surface area contributed by atoms with E-state index in [0.29, 0.717) is 0 Å². The fraction of sp³-hybridized carbons (Fsp3) is 0.211. The molecule has 0 radical (unpaired) electrons. The first kappa shape index (κ1) is 16.3. The summed E-state index contributed by atoms with van der Waals surface area (Å²) in [6, 6.07) is 17.1. The molecule has 0 aliphatic rings. The third-order valence-electron chi connectivity index (χ3n) is 3.61. The van der Waals surface area contributed by atoms with Gasteiger partial charge in [-0.1, -0.05) is 25.5 Å². The summed E-state index contributed by atoms with van der Waals surface area (Å²) in [5.41, 5.74) is 2.06. The Bertz CT molecular complexity index is 820. The zero-order valence-corrected chi connectivity index (χ0v) is 15.4. The largest absolute Gasteiger partial charge is 0.195 e. The molecular formula is C19H17NS3. The normalized spacial score (nSPS) is 10.5. The van der Waals surface area contributed by atoms with Gasteiger partial charge in [0.15, 0.2) is 0 Å². The highest BCUT2D eigenvalue weighted by Gasteiger charge is 2.08. The predicted molar refractivity (Wildman–Crippen MR) is 106 cm³/mol. The monoisotopic (exact) mass is 355 g/mol. The second kappa shape index (κ2) is 7.80. The topological polar surface area (TPSA) is 12.4 Å². The van der Waals surface area contributed by atoms with E-state index in [2.05, 4.69) is 65.7 Å². The van der Waals surface area contributed by atoms with Crippen LogP contribution in [0.5, 0.6) is 0 Å². The van der Waals surface area contributed by atoms with Crippen LogP contribution < -0.4 is 0 Å². The lowest BCUT2D eigenvalue weighted by Gasteiger charge is -1.97. The number of rotatable bonds is 6. The lowest BCUT2D eigenvalue weighted by Crippen LogP contribution is -1.76. The molecule has 2 aromatic heterocycles. The lowest BCUT2D eigenvalue weighted by atomic mass is 10.2. The van der Waals surface area contributed by atoms with Gasteiger partial charge >= 0.3 is 0 Å². The zero-order chi connectivity index (χ0) is 16.1. The first-order chi connectivity index (χ1) is 11.3. The summed E-state index contributed by atoms with van der Waals surface area (Å²) in [7, 11) is 0. The Morgan fingerprint density at radius 1 is 0.913 bits per heavy atom. The molecule has 0 aliphatic heterocycles. The van der Waals surface area contributed by atoms with Gasteiger partial charge in [0, 0.05) is 19.5 Å². The van der Waals surface area contributed by atoms with Crippen LogP contribution >= 0.6 is 34.9 Å². The number of isothiocyanates is 1. The van der Waals surface area contributed by atoms with Gasteiger partial charge in [0.2, 0.25) is 0 Å². The maximum Gasteiger partial charge on any atom is 0.0739 e. The molecule has 0 saturated heterocycles. The van der Waals surface area contributed by atoms with Crippen LogP contribution in [-0.2, 0) is 6.42 Å². The van der Waals surface area contributed by atoms with Gasteiger partial charge in [-0.15, -0.1) is 22.7 Å². The van der Waals surface area contributed by atoms with Crippen LogP contribution in [0.1, 0.15) is 24.6 Å². The Morgan fingerprint density at radius 2 is 1.61 bits per heavy atom. The van der Waals surface area contributed by atoms with Gasteiger partial charge in [0.1, 0.15) is 0 Å². The lowest BCUT2D eigenvalue weighted by molar-refractivity contribution is 0.804. The van der Waals surface area contributed by atoms with Crippen LogP contribution in [0.15, 0.2) is 53.5 Å². The molecule has 0 aliphatic carbocycles. The van der Waals surface area contributed by atoms with Crippen molar-refractivity contribution in [1.82, 2.24) is 0 Å². The van der Waals surface area contributed by atoms with Crippen LogP contribution in [0.3, 0.4) is 0 Å². The van der Waals surface area contributed by atoms with Crippen molar-refractivity contribution in [3.63, 3.8) is 0 Å². The molecular weight excluding hydrogens is 338 g/mol. The molecule has 3 aromatic rings. The smallest absolute Gasteiger partial charge is 0.0739 e. The van der Waals surface area contributed by atoms with Crippen LogP contribution in [0.4, 0.5) is 5.69 Å². The van der Waals surface area contributed by atoms with Gasteiger partial charge < -0.3 is 0 Å². The number of hydrogen-bond acceptors (Lipinski definition) is 4. The van der Waals surface area contributed by atoms with E-state index in [9.17, 15) is 0 Å². The van der Waals surface area contributed by atoms with Gasteiger partial charge in [-0.3, -0.25) is 0 Å². The molecule has 4 heteroatoms. The van der Waals surface area contributed by atoms with Gasteiger partial charge in [-0.25, -0.2) is 0 Å². The summed E-state index contributed by atoms with van der Waals surface area (Å²) >= 11 is 8.39. The van der Waals surface area contributed by atoms with Crippen molar-refractivity contribution in [2.24, 2.45) is 4.99 Å². The van der Waals surface area contributed by atoms with Crippen molar-refractivity contribution < 1.29 is 0 Å². The molecule has 0 spiro atoms. The van der Waals surface area contributed by atoms with Crippen molar-refractivity contribution in [3.8, 4) is 20.2 Å². The fourth-order valence-corrected chi connectivity index (χ4v) is 4.63. The summed E-state index contributed by atoms with van der Waals surface area (Å²) in [5, 5.41) is 2.40. The van der Waals surface area contributed by atoms with E-state index >= 15 is 0 Å². The van der Waals surface area contributed by atoms with E-state index in [1.165, 1.54) is 44.3 Å². The average molecular weight is 356 g/mol. The number of thiocarbonyl (C=S) groups is 1. The molecule has 0 bridgehead atoms. The van der Waals surface area contributed by atoms with E-state index < -0.39 is 0 Å².